The van der Waals surface area contributed by atoms with Crippen molar-refractivity contribution >= 4 is 17.5 Å². The highest BCUT2D eigenvalue weighted by Gasteiger charge is 2.45. The average Bonchev–Trinajstić information content (AvgIpc) is 3.20. The van der Waals surface area contributed by atoms with Crippen molar-refractivity contribution in [2.45, 2.75) is 50.4 Å². The van der Waals surface area contributed by atoms with Gasteiger partial charge < -0.3 is 9.73 Å². The fourth-order valence-corrected chi connectivity index (χ4v) is 4.07. The summed E-state index contributed by atoms with van der Waals surface area (Å²) in [5.41, 5.74) is 2.23. The lowest BCUT2D eigenvalue weighted by Gasteiger charge is -2.39. The fraction of sp³-hybridized carbons (Fsp3) is 0.375. The van der Waals surface area contributed by atoms with Gasteiger partial charge in [0.25, 0.3) is 0 Å². The monoisotopic (exact) mass is 423 g/mol. The van der Waals surface area contributed by atoms with Gasteiger partial charge in [-0.25, -0.2) is 0 Å². The molecular weight excluding hydrogens is 398 g/mol. The number of hydrogen-bond donors (Lipinski definition) is 1. The third-order valence-corrected chi connectivity index (χ3v) is 6.11. The van der Waals surface area contributed by atoms with E-state index in [1.165, 1.54) is 5.56 Å². The van der Waals surface area contributed by atoms with Crippen LogP contribution in [0.2, 0.25) is 5.02 Å². The standard InChI is InChI=1S/C24H26ClN3O2/c25-20-11-9-19(10-12-20)24(15-5-16-24)23-28-27-22(30-23)14-13-21(29)26-17-4-8-18-6-2-1-3-7-18/h1-3,6-7,9-12H,4-5,8,13-17H2,(H,26,29). The van der Waals surface area contributed by atoms with E-state index in [4.69, 9.17) is 16.0 Å². The Labute approximate surface area is 181 Å². The average molecular weight is 424 g/mol. The molecule has 6 heteroatoms. The molecule has 4 rings (SSSR count). The lowest BCUT2D eigenvalue weighted by atomic mass is 9.64. The molecule has 1 saturated carbocycles. The van der Waals surface area contributed by atoms with E-state index in [9.17, 15) is 4.79 Å². The van der Waals surface area contributed by atoms with E-state index in [0.717, 1.165) is 37.7 Å². The second-order valence-corrected chi connectivity index (χ2v) is 8.32. The first-order chi connectivity index (χ1) is 14.7. The van der Waals surface area contributed by atoms with Crippen molar-refractivity contribution in [1.29, 1.82) is 0 Å². The SMILES string of the molecule is O=C(CCc1nnc(C2(c3ccc(Cl)cc3)CCC2)o1)NCCCc1ccccc1. The first-order valence-electron chi connectivity index (χ1n) is 10.6. The van der Waals surface area contributed by atoms with Gasteiger partial charge in [0.1, 0.15) is 0 Å². The molecule has 5 nitrogen and oxygen atoms in total. The van der Waals surface area contributed by atoms with Crippen molar-refractivity contribution in [3.05, 3.63) is 82.5 Å². The summed E-state index contributed by atoms with van der Waals surface area (Å²) < 4.78 is 5.97. The molecule has 1 aliphatic carbocycles. The maximum absolute atomic E-state index is 12.1. The number of carbonyl (C=O) groups excluding carboxylic acids is 1. The largest absolute Gasteiger partial charge is 0.424 e. The molecule has 1 N–H and O–H groups in total. The zero-order valence-corrected chi connectivity index (χ0v) is 17.7. The van der Waals surface area contributed by atoms with Crippen LogP contribution in [0, 0.1) is 0 Å². The molecule has 30 heavy (non-hydrogen) atoms. The number of nitrogens with one attached hydrogen (secondary N) is 1. The van der Waals surface area contributed by atoms with Crippen LogP contribution >= 0.6 is 11.6 Å². The van der Waals surface area contributed by atoms with Crippen molar-refractivity contribution in [3.8, 4) is 0 Å². The van der Waals surface area contributed by atoms with Gasteiger partial charge in [-0.05, 0) is 48.9 Å². The van der Waals surface area contributed by atoms with Crippen LogP contribution < -0.4 is 5.32 Å². The Morgan fingerprint density at radius 1 is 1.03 bits per heavy atom. The number of aryl methyl sites for hydroxylation is 2. The topological polar surface area (TPSA) is 68.0 Å². The van der Waals surface area contributed by atoms with Gasteiger partial charge in [-0.15, -0.1) is 10.2 Å². The van der Waals surface area contributed by atoms with Crippen molar-refractivity contribution in [1.82, 2.24) is 15.5 Å². The Balaban J connectivity index is 1.26. The minimum atomic E-state index is -0.213. The van der Waals surface area contributed by atoms with Crippen molar-refractivity contribution < 1.29 is 9.21 Å². The number of amides is 1. The van der Waals surface area contributed by atoms with E-state index >= 15 is 0 Å². The molecular formula is C24H26ClN3O2. The molecule has 0 aliphatic heterocycles. The molecule has 0 saturated heterocycles. The highest BCUT2D eigenvalue weighted by molar-refractivity contribution is 6.30. The van der Waals surface area contributed by atoms with E-state index in [2.05, 4.69) is 27.6 Å². The van der Waals surface area contributed by atoms with Crippen LogP contribution in [-0.2, 0) is 23.1 Å². The Morgan fingerprint density at radius 2 is 1.80 bits per heavy atom. The van der Waals surface area contributed by atoms with Crippen LogP contribution in [-0.4, -0.2) is 22.6 Å². The maximum atomic E-state index is 12.1. The van der Waals surface area contributed by atoms with Crippen molar-refractivity contribution in [2.24, 2.45) is 0 Å². The molecule has 1 heterocycles. The summed E-state index contributed by atoms with van der Waals surface area (Å²) in [4.78, 5) is 12.1. The number of rotatable bonds is 9. The molecule has 1 fully saturated rings. The number of halogens is 1. The Kier molecular flexibility index (Phi) is 6.48. The molecule has 0 atom stereocenters. The Bertz CT molecular complexity index is 966. The molecule has 0 bridgehead atoms. The quantitative estimate of drug-likeness (QED) is 0.498. The van der Waals surface area contributed by atoms with Gasteiger partial charge >= 0.3 is 0 Å². The van der Waals surface area contributed by atoms with Crippen LogP contribution in [0.4, 0.5) is 0 Å². The number of hydrogen-bond acceptors (Lipinski definition) is 4. The third-order valence-electron chi connectivity index (χ3n) is 5.85. The van der Waals surface area contributed by atoms with Gasteiger partial charge in [-0.3, -0.25) is 4.79 Å². The van der Waals surface area contributed by atoms with Gasteiger partial charge in [-0.1, -0.05) is 60.5 Å². The summed E-state index contributed by atoms with van der Waals surface area (Å²) >= 11 is 6.03. The minimum absolute atomic E-state index is 0.0128. The Morgan fingerprint density at radius 3 is 2.50 bits per heavy atom. The summed E-state index contributed by atoms with van der Waals surface area (Å²) in [5.74, 6) is 1.18. The van der Waals surface area contributed by atoms with Crippen LogP contribution in [0.25, 0.3) is 0 Å². The first-order valence-corrected chi connectivity index (χ1v) is 10.9. The molecule has 0 unspecified atom stereocenters. The summed E-state index contributed by atoms with van der Waals surface area (Å²) in [6, 6.07) is 18.2. The van der Waals surface area contributed by atoms with Gasteiger partial charge in [0.05, 0.1) is 5.41 Å². The van der Waals surface area contributed by atoms with Crippen LogP contribution in [0.5, 0.6) is 0 Å². The zero-order chi connectivity index (χ0) is 20.8. The second-order valence-electron chi connectivity index (χ2n) is 7.88. The van der Waals surface area contributed by atoms with E-state index in [1.54, 1.807) is 0 Å². The molecule has 1 amide bonds. The predicted molar refractivity (Wildman–Crippen MR) is 116 cm³/mol. The predicted octanol–water partition coefficient (Wildman–Crippen LogP) is 4.87. The summed E-state index contributed by atoms with van der Waals surface area (Å²) in [6.45, 7) is 0.669. The molecule has 1 aromatic heterocycles. The lowest BCUT2D eigenvalue weighted by Crippen LogP contribution is -2.35. The molecule has 0 radical (unpaired) electrons. The first kappa shape index (κ1) is 20.6. The van der Waals surface area contributed by atoms with Gasteiger partial charge in [0, 0.05) is 24.4 Å². The van der Waals surface area contributed by atoms with E-state index in [0.29, 0.717) is 36.2 Å². The van der Waals surface area contributed by atoms with Gasteiger partial charge in [0.15, 0.2) is 0 Å². The van der Waals surface area contributed by atoms with Gasteiger partial charge in [-0.2, -0.15) is 0 Å². The van der Waals surface area contributed by atoms with Gasteiger partial charge in [0.2, 0.25) is 17.7 Å². The molecule has 0 spiro atoms. The molecule has 1 aliphatic rings. The number of nitrogens with zero attached hydrogens (tertiary/aromatic N) is 2. The van der Waals surface area contributed by atoms with E-state index < -0.39 is 0 Å². The second kappa shape index (κ2) is 9.43. The number of benzene rings is 2. The summed E-state index contributed by atoms with van der Waals surface area (Å²) in [7, 11) is 0. The highest BCUT2D eigenvalue weighted by Crippen LogP contribution is 2.48. The third kappa shape index (κ3) is 4.73. The van der Waals surface area contributed by atoms with Crippen LogP contribution in [0.1, 0.15) is 55.0 Å². The zero-order valence-electron chi connectivity index (χ0n) is 16.9. The molecule has 2 aromatic carbocycles. The minimum Gasteiger partial charge on any atom is -0.424 e. The van der Waals surface area contributed by atoms with Crippen molar-refractivity contribution in [3.63, 3.8) is 0 Å². The molecule has 3 aromatic rings. The number of carbonyl (C=O) groups is 1. The lowest BCUT2D eigenvalue weighted by molar-refractivity contribution is -0.121. The smallest absolute Gasteiger partial charge is 0.227 e. The maximum Gasteiger partial charge on any atom is 0.227 e. The summed E-state index contributed by atoms with van der Waals surface area (Å²) in [5, 5.41) is 12.2. The van der Waals surface area contributed by atoms with Crippen LogP contribution in [0.15, 0.2) is 59.0 Å². The number of aromatic nitrogens is 2. The van der Waals surface area contributed by atoms with Crippen LogP contribution in [0.3, 0.4) is 0 Å². The van der Waals surface area contributed by atoms with E-state index in [1.807, 2.05) is 42.5 Å². The Hall–Kier alpha value is -2.66. The summed E-state index contributed by atoms with van der Waals surface area (Å²) in [6.07, 6.45) is 5.78. The van der Waals surface area contributed by atoms with Crippen molar-refractivity contribution in [2.75, 3.05) is 6.54 Å². The van der Waals surface area contributed by atoms with E-state index in [-0.39, 0.29) is 11.3 Å². The fourth-order valence-electron chi connectivity index (χ4n) is 3.95. The normalized spacial score (nSPS) is 14.8. The highest BCUT2D eigenvalue weighted by atomic mass is 35.5. The molecule has 156 valence electrons.